The van der Waals surface area contributed by atoms with Gasteiger partial charge in [-0.2, -0.15) is 5.26 Å². The summed E-state index contributed by atoms with van der Waals surface area (Å²) in [5.74, 6) is 0. The monoisotopic (exact) mass is 201 g/mol. The molecular formula is C7H8ClN3S. The van der Waals surface area contributed by atoms with Gasteiger partial charge in [0.25, 0.3) is 0 Å². The number of nitriles is 1. The van der Waals surface area contributed by atoms with Crippen LogP contribution in [0.5, 0.6) is 0 Å². The highest BCUT2D eigenvalue weighted by molar-refractivity contribution is 7.16. The maximum atomic E-state index is 8.57. The molecule has 0 amide bonds. The quantitative estimate of drug-likeness (QED) is 0.818. The van der Waals surface area contributed by atoms with Crippen molar-refractivity contribution in [2.45, 2.75) is 13.3 Å². The molecule has 5 heteroatoms. The van der Waals surface area contributed by atoms with E-state index in [-0.39, 0.29) is 0 Å². The highest BCUT2D eigenvalue weighted by Crippen LogP contribution is 2.25. The molecule has 0 aliphatic rings. The molecule has 12 heavy (non-hydrogen) atoms. The molecule has 1 aromatic heterocycles. The van der Waals surface area contributed by atoms with Crippen LogP contribution in [0.2, 0.25) is 5.15 Å². The van der Waals surface area contributed by atoms with Crippen LogP contribution in [0.3, 0.4) is 0 Å². The van der Waals surface area contributed by atoms with Gasteiger partial charge < -0.3 is 5.32 Å². The van der Waals surface area contributed by atoms with Gasteiger partial charge in [-0.05, 0) is 6.42 Å². The number of hydrogen-bond acceptors (Lipinski definition) is 4. The Bertz CT molecular complexity index is 302. The molecule has 1 heterocycles. The molecule has 0 saturated carbocycles. The fourth-order valence-electron chi connectivity index (χ4n) is 0.678. The van der Waals surface area contributed by atoms with Crippen molar-refractivity contribution >= 4 is 28.1 Å². The summed E-state index contributed by atoms with van der Waals surface area (Å²) >= 11 is 6.94. The van der Waals surface area contributed by atoms with Gasteiger partial charge in [-0.25, -0.2) is 4.98 Å². The lowest BCUT2D eigenvalue weighted by Gasteiger charge is -1.95. The normalized spacial score (nSPS) is 9.42. The molecule has 0 aliphatic carbocycles. The van der Waals surface area contributed by atoms with E-state index in [0.29, 0.717) is 10.0 Å². The first-order valence-corrected chi connectivity index (χ1v) is 4.77. The molecule has 64 valence electrons. The first kappa shape index (κ1) is 9.30. The minimum Gasteiger partial charge on any atom is -0.361 e. The number of nitrogens with zero attached hydrogens (tertiary/aromatic N) is 2. The Balaban J connectivity index is 2.70. The van der Waals surface area contributed by atoms with Gasteiger partial charge in [0.15, 0.2) is 10.3 Å². The van der Waals surface area contributed by atoms with E-state index in [4.69, 9.17) is 16.9 Å². The molecule has 0 saturated heterocycles. The van der Waals surface area contributed by atoms with Crippen molar-refractivity contribution in [2.24, 2.45) is 0 Å². The lowest BCUT2D eigenvalue weighted by Crippen LogP contribution is -1.98. The number of anilines is 1. The third-order valence-electron chi connectivity index (χ3n) is 1.21. The highest BCUT2D eigenvalue weighted by atomic mass is 35.5. The minimum absolute atomic E-state index is 0.293. The van der Waals surface area contributed by atoms with Crippen LogP contribution in [0.4, 0.5) is 5.13 Å². The van der Waals surface area contributed by atoms with Crippen LogP contribution in [0.15, 0.2) is 0 Å². The Hall–Kier alpha value is -0.790. The summed E-state index contributed by atoms with van der Waals surface area (Å²) in [6, 6.07) is 1.98. The van der Waals surface area contributed by atoms with Gasteiger partial charge in [0, 0.05) is 6.54 Å². The van der Waals surface area contributed by atoms with Crippen molar-refractivity contribution in [3.63, 3.8) is 0 Å². The Labute approximate surface area is 80.0 Å². The van der Waals surface area contributed by atoms with Crippen molar-refractivity contribution in [2.75, 3.05) is 11.9 Å². The van der Waals surface area contributed by atoms with Gasteiger partial charge in [0.1, 0.15) is 10.9 Å². The SMILES string of the molecule is CCCNc1nc(Cl)c(C#N)s1. The van der Waals surface area contributed by atoms with Crippen molar-refractivity contribution in [3.8, 4) is 6.07 Å². The Morgan fingerprint density at radius 2 is 2.50 bits per heavy atom. The van der Waals surface area contributed by atoms with Gasteiger partial charge in [-0.3, -0.25) is 0 Å². The summed E-state index contributed by atoms with van der Waals surface area (Å²) in [4.78, 5) is 4.44. The number of halogens is 1. The Morgan fingerprint density at radius 1 is 1.75 bits per heavy atom. The van der Waals surface area contributed by atoms with Crippen LogP contribution in [-0.4, -0.2) is 11.5 Å². The average molecular weight is 202 g/mol. The van der Waals surface area contributed by atoms with Gasteiger partial charge in [-0.15, -0.1) is 0 Å². The number of thiazole rings is 1. The van der Waals surface area contributed by atoms with E-state index in [0.717, 1.165) is 18.1 Å². The Kier molecular flexibility index (Phi) is 3.32. The zero-order valence-corrected chi connectivity index (χ0v) is 8.17. The summed E-state index contributed by atoms with van der Waals surface area (Å²) in [7, 11) is 0. The van der Waals surface area contributed by atoms with Crippen LogP contribution < -0.4 is 5.32 Å². The maximum absolute atomic E-state index is 8.57. The fraction of sp³-hybridized carbons (Fsp3) is 0.429. The van der Waals surface area contributed by atoms with Crippen LogP contribution >= 0.6 is 22.9 Å². The third kappa shape index (κ3) is 2.10. The molecule has 1 rings (SSSR count). The van der Waals surface area contributed by atoms with Crippen LogP contribution in [-0.2, 0) is 0 Å². The fourth-order valence-corrected chi connectivity index (χ4v) is 1.65. The summed E-state index contributed by atoms with van der Waals surface area (Å²) in [5.41, 5.74) is 0. The van der Waals surface area contributed by atoms with E-state index in [9.17, 15) is 0 Å². The minimum atomic E-state index is 0.293. The molecular weight excluding hydrogens is 194 g/mol. The second kappa shape index (κ2) is 4.29. The predicted octanol–water partition coefficient (Wildman–Crippen LogP) is 2.49. The summed E-state index contributed by atoms with van der Waals surface area (Å²) in [5, 5.41) is 12.6. The van der Waals surface area contributed by atoms with E-state index in [1.807, 2.05) is 6.07 Å². The standard InChI is InChI=1S/C7H8ClN3S/c1-2-3-10-7-11-6(8)5(4-9)12-7/h2-3H2,1H3,(H,10,11). The predicted molar refractivity (Wildman–Crippen MR) is 50.6 cm³/mol. The van der Waals surface area contributed by atoms with Crippen LogP contribution in [0.1, 0.15) is 18.2 Å². The number of rotatable bonds is 3. The largest absolute Gasteiger partial charge is 0.361 e. The third-order valence-corrected chi connectivity index (χ3v) is 2.52. The number of hydrogen-bond donors (Lipinski definition) is 1. The molecule has 0 aliphatic heterocycles. The smallest absolute Gasteiger partial charge is 0.185 e. The second-order valence-corrected chi connectivity index (χ2v) is 3.53. The number of nitrogens with one attached hydrogen (secondary N) is 1. The average Bonchev–Trinajstić information content (AvgIpc) is 2.43. The van der Waals surface area contributed by atoms with E-state index in [2.05, 4.69) is 17.2 Å². The van der Waals surface area contributed by atoms with Gasteiger partial charge in [0.2, 0.25) is 0 Å². The van der Waals surface area contributed by atoms with E-state index in [1.54, 1.807) is 0 Å². The highest BCUT2D eigenvalue weighted by Gasteiger charge is 2.06. The maximum Gasteiger partial charge on any atom is 0.185 e. The molecule has 0 aromatic carbocycles. The van der Waals surface area contributed by atoms with Crippen LogP contribution in [0, 0.1) is 11.3 Å². The molecule has 1 aromatic rings. The van der Waals surface area contributed by atoms with Gasteiger partial charge in [-0.1, -0.05) is 29.9 Å². The molecule has 0 radical (unpaired) electrons. The summed E-state index contributed by atoms with van der Waals surface area (Å²) < 4.78 is 0. The molecule has 3 nitrogen and oxygen atoms in total. The molecule has 0 unspecified atom stereocenters. The molecule has 0 atom stereocenters. The van der Waals surface area contributed by atoms with Gasteiger partial charge in [0.05, 0.1) is 0 Å². The summed E-state index contributed by atoms with van der Waals surface area (Å²) in [6.45, 7) is 2.92. The van der Waals surface area contributed by atoms with E-state index in [1.165, 1.54) is 11.3 Å². The molecule has 0 spiro atoms. The van der Waals surface area contributed by atoms with Gasteiger partial charge >= 0.3 is 0 Å². The van der Waals surface area contributed by atoms with Crippen LogP contribution in [0.25, 0.3) is 0 Å². The summed E-state index contributed by atoms with van der Waals surface area (Å²) in [6.07, 6.45) is 1.03. The zero-order chi connectivity index (χ0) is 8.97. The zero-order valence-electron chi connectivity index (χ0n) is 6.59. The lowest BCUT2D eigenvalue weighted by molar-refractivity contribution is 0.976. The van der Waals surface area contributed by atoms with Crippen molar-refractivity contribution in [1.29, 1.82) is 5.26 Å². The second-order valence-electron chi connectivity index (χ2n) is 2.18. The molecule has 0 bridgehead atoms. The van der Waals surface area contributed by atoms with E-state index < -0.39 is 0 Å². The Morgan fingerprint density at radius 3 is 3.00 bits per heavy atom. The molecule has 1 N–H and O–H groups in total. The van der Waals surface area contributed by atoms with E-state index >= 15 is 0 Å². The molecule has 0 fully saturated rings. The first-order chi connectivity index (χ1) is 5.77. The number of aromatic nitrogens is 1. The van der Waals surface area contributed by atoms with Crippen molar-refractivity contribution in [3.05, 3.63) is 10.0 Å². The topological polar surface area (TPSA) is 48.7 Å². The van der Waals surface area contributed by atoms with Crippen molar-refractivity contribution < 1.29 is 0 Å². The van der Waals surface area contributed by atoms with Crippen molar-refractivity contribution in [1.82, 2.24) is 4.98 Å². The lowest BCUT2D eigenvalue weighted by atomic mass is 10.5. The first-order valence-electron chi connectivity index (χ1n) is 3.58.